The Labute approximate surface area is 104 Å². The molecule has 4 nitrogen and oxygen atoms in total. The zero-order valence-electron chi connectivity index (χ0n) is 9.61. The average molecular weight is 234 g/mol. The number of nitrogens with zero attached hydrogens (tertiary/aromatic N) is 4. The number of hydrogen-bond donors (Lipinski definition) is 0. The van der Waals surface area contributed by atoms with Gasteiger partial charge in [-0.2, -0.15) is 5.26 Å². The Hall–Kier alpha value is -2.67. The fraction of sp³-hybridized carbons (Fsp3) is 0.0714. The Morgan fingerprint density at radius 2 is 1.89 bits per heavy atom. The summed E-state index contributed by atoms with van der Waals surface area (Å²) < 4.78 is 1.58. The molecule has 0 atom stereocenters. The highest BCUT2D eigenvalue weighted by Gasteiger charge is 2.06. The molecule has 0 N–H and O–H groups in total. The highest BCUT2D eigenvalue weighted by atomic mass is 15.3. The summed E-state index contributed by atoms with van der Waals surface area (Å²) in [5, 5.41) is 13.4. The first kappa shape index (κ1) is 10.5. The third kappa shape index (κ3) is 1.82. The van der Waals surface area contributed by atoms with E-state index in [-0.39, 0.29) is 0 Å². The summed E-state index contributed by atoms with van der Waals surface area (Å²) in [6, 6.07) is 17.5. The molecule has 0 aliphatic heterocycles. The van der Waals surface area contributed by atoms with Crippen LogP contribution in [0.25, 0.3) is 5.65 Å². The van der Waals surface area contributed by atoms with E-state index < -0.39 is 0 Å². The average Bonchev–Trinajstić information content (AvgIpc) is 2.82. The van der Waals surface area contributed by atoms with Crippen LogP contribution in [0, 0.1) is 11.3 Å². The SMILES string of the molecule is N#Cc1cccc2nc(Cc3ccccc3)nn12. The smallest absolute Gasteiger partial charge is 0.157 e. The predicted octanol–water partition coefficient (Wildman–Crippen LogP) is 2.19. The molecule has 3 aromatic rings. The number of fused-ring (bicyclic) bond motifs is 1. The largest absolute Gasteiger partial charge is 0.212 e. The number of pyridine rings is 1. The van der Waals surface area contributed by atoms with E-state index in [1.165, 1.54) is 0 Å². The number of nitriles is 1. The summed E-state index contributed by atoms with van der Waals surface area (Å²) in [6.07, 6.45) is 0.674. The summed E-state index contributed by atoms with van der Waals surface area (Å²) in [4.78, 5) is 4.42. The van der Waals surface area contributed by atoms with E-state index in [9.17, 15) is 0 Å². The van der Waals surface area contributed by atoms with Crippen LogP contribution in [0.15, 0.2) is 48.5 Å². The van der Waals surface area contributed by atoms with Crippen molar-refractivity contribution >= 4 is 5.65 Å². The van der Waals surface area contributed by atoms with Gasteiger partial charge in [-0.25, -0.2) is 9.50 Å². The van der Waals surface area contributed by atoms with Crippen molar-refractivity contribution in [3.63, 3.8) is 0 Å². The third-order valence-corrected chi connectivity index (χ3v) is 2.72. The molecule has 4 heteroatoms. The quantitative estimate of drug-likeness (QED) is 0.683. The van der Waals surface area contributed by atoms with Crippen molar-refractivity contribution < 1.29 is 0 Å². The minimum absolute atomic E-state index is 0.499. The summed E-state index contributed by atoms with van der Waals surface area (Å²) in [7, 11) is 0. The van der Waals surface area contributed by atoms with Gasteiger partial charge in [-0.15, -0.1) is 5.10 Å². The topological polar surface area (TPSA) is 54.0 Å². The molecule has 0 aliphatic carbocycles. The second-order valence-electron chi connectivity index (χ2n) is 3.98. The monoisotopic (exact) mass is 234 g/mol. The van der Waals surface area contributed by atoms with Crippen LogP contribution >= 0.6 is 0 Å². The van der Waals surface area contributed by atoms with Gasteiger partial charge in [0, 0.05) is 6.42 Å². The van der Waals surface area contributed by atoms with Crippen molar-refractivity contribution in [2.75, 3.05) is 0 Å². The van der Waals surface area contributed by atoms with Crippen molar-refractivity contribution in [1.82, 2.24) is 14.6 Å². The highest BCUT2D eigenvalue weighted by Crippen LogP contribution is 2.09. The lowest BCUT2D eigenvalue weighted by Gasteiger charge is -1.94. The highest BCUT2D eigenvalue weighted by molar-refractivity contribution is 5.42. The molecule has 0 fully saturated rings. The number of rotatable bonds is 2. The Kier molecular flexibility index (Phi) is 2.50. The number of benzene rings is 1. The van der Waals surface area contributed by atoms with Gasteiger partial charge in [-0.05, 0) is 17.7 Å². The van der Waals surface area contributed by atoms with E-state index in [1.54, 1.807) is 10.6 Å². The Morgan fingerprint density at radius 1 is 1.06 bits per heavy atom. The Bertz CT molecular complexity index is 722. The molecule has 0 unspecified atom stereocenters. The lowest BCUT2D eigenvalue weighted by atomic mass is 10.1. The van der Waals surface area contributed by atoms with Gasteiger partial charge < -0.3 is 0 Å². The molecule has 3 rings (SSSR count). The molecule has 18 heavy (non-hydrogen) atoms. The zero-order valence-corrected chi connectivity index (χ0v) is 9.61. The van der Waals surface area contributed by atoms with Crippen LogP contribution in [0.5, 0.6) is 0 Å². The van der Waals surface area contributed by atoms with Gasteiger partial charge >= 0.3 is 0 Å². The van der Waals surface area contributed by atoms with Crippen molar-refractivity contribution in [2.24, 2.45) is 0 Å². The van der Waals surface area contributed by atoms with E-state index in [0.29, 0.717) is 17.8 Å². The summed E-state index contributed by atoms with van der Waals surface area (Å²) >= 11 is 0. The standard InChI is InChI=1S/C14H10N4/c15-10-12-7-4-8-14-16-13(17-18(12)14)9-11-5-2-1-3-6-11/h1-8H,9H2. The van der Waals surface area contributed by atoms with Crippen molar-refractivity contribution in [3.05, 3.63) is 65.6 Å². The van der Waals surface area contributed by atoms with Gasteiger partial charge in [0.05, 0.1) is 0 Å². The molecule has 0 bridgehead atoms. The minimum Gasteiger partial charge on any atom is -0.212 e. The van der Waals surface area contributed by atoms with E-state index in [4.69, 9.17) is 5.26 Å². The van der Waals surface area contributed by atoms with Crippen molar-refractivity contribution in [3.8, 4) is 6.07 Å². The molecule has 2 heterocycles. The minimum atomic E-state index is 0.499. The molecule has 2 aromatic heterocycles. The lowest BCUT2D eigenvalue weighted by molar-refractivity contribution is 0.888. The summed E-state index contributed by atoms with van der Waals surface area (Å²) in [6.45, 7) is 0. The fourth-order valence-electron chi connectivity index (χ4n) is 1.89. The first-order chi connectivity index (χ1) is 8.86. The predicted molar refractivity (Wildman–Crippen MR) is 67.0 cm³/mol. The summed E-state index contributed by atoms with van der Waals surface area (Å²) in [5.41, 5.74) is 2.37. The molecular weight excluding hydrogens is 224 g/mol. The number of hydrogen-bond acceptors (Lipinski definition) is 3. The molecule has 0 aliphatic rings. The van der Waals surface area contributed by atoms with E-state index >= 15 is 0 Å². The molecule has 86 valence electrons. The van der Waals surface area contributed by atoms with Crippen LogP contribution in [0.1, 0.15) is 17.1 Å². The van der Waals surface area contributed by atoms with Gasteiger partial charge in [0.1, 0.15) is 11.8 Å². The second kappa shape index (κ2) is 4.30. The van der Waals surface area contributed by atoms with Crippen LogP contribution in [-0.2, 0) is 6.42 Å². The first-order valence-electron chi connectivity index (χ1n) is 5.65. The van der Waals surface area contributed by atoms with Gasteiger partial charge in [0.2, 0.25) is 0 Å². The zero-order chi connectivity index (χ0) is 12.4. The lowest BCUT2D eigenvalue weighted by Crippen LogP contribution is -1.95. The molecule has 0 radical (unpaired) electrons. The van der Waals surface area contributed by atoms with Crippen LogP contribution in [0.3, 0.4) is 0 Å². The van der Waals surface area contributed by atoms with E-state index in [2.05, 4.69) is 16.2 Å². The molecular formula is C14H10N4. The maximum absolute atomic E-state index is 9.00. The van der Waals surface area contributed by atoms with E-state index in [1.807, 2.05) is 42.5 Å². The maximum Gasteiger partial charge on any atom is 0.157 e. The molecule has 0 spiro atoms. The first-order valence-corrected chi connectivity index (χ1v) is 5.65. The Balaban J connectivity index is 2.02. The fourth-order valence-corrected chi connectivity index (χ4v) is 1.89. The molecule has 0 saturated carbocycles. The van der Waals surface area contributed by atoms with Crippen molar-refractivity contribution in [2.45, 2.75) is 6.42 Å². The molecule has 0 saturated heterocycles. The molecule has 1 aromatic carbocycles. The third-order valence-electron chi connectivity index (χ3n) is 2.72. The normalized spacial score (nSPS) is 10.4. The van der Waals surface area contributed by atoms with Crippen LogP contribution < -0.4 is 0 Å². The molecule has 0 amide bonds. The maximum atomic E-state index is 9.00. The second-order valence-corrected chi connectivity index (χ2v) is 3.98. The van der Waals surface area contributed by atoms with Crippen molar-refractivity contribution in [1.29, 1.82) is 5.26 Å². The Morgan fingerprint density at radius 3 is 2.67 bits per heavy atom. The van der Waals surface area contributed by atoms with Crippen LogP contribution in [0.4, 0.5) is 0 Å². The van der Waals surface area contributed by atoms with Gasteiger partial charge in [0.25, 0.3) is 0 Å². The van der Waals surface area contributed by atoms with Gasteiger partial charge in [0.15, 0.2) is 11.5 Å². The summed E-state index contributed by atoms with van der Waals surface area (Å²) in [5.74, 6) is 0.726. The number of aromatic nitrogens is 3. The van der Waals surface area contributed by atoms with Crippen LogP contribution in [0.2, 0.25) is 0 Å². The van der Waals surface area contributed by atoms with Gasteiger partial charge in [-0.1, -0.05) is 36.4 Å². The van der Waals surface area contributed by atoms with E-state index in [0.717, 1.165) is 11.4 Å². The van der Waals surface area contributed by atoms with Gasteiger partial charge in [-0.3, -0.25) is 0 Å². The van der Waals surface area contributed by atoms with Crippen LogP contribution in [-0.4, -0.2) is 14.6 Å².